The van der Waals surface area contributed by atoms with Gasteiger partial charge in [-0.3, -0.25) is 0 Å². The molecule has 1 aliphatic carbocycles. The van der Waals surface area contributed by atoms with Gasteiger partial charge in [-0.2, -0.15) is 0 Å². The molecule has 5 nitrogen and oxygen atoms in total. The molecule has 2 fully saturated rings. The summed E-state index contributed by atoms with van der Waals surface area (Å²) in [4.78, 5) is 13.9. The first-order valence-electron chi connectivity index (χ1n) is 7.13. The molecule has 1 saturated heterocycles. The van der Waals surface area contributed by atoms with E-state index in [4.69, 9.17) is 15.2 Å². The van der Waals surface area contributed by atoms with Gasteiger partial charge in [-0.1, -0.05) is 0 Å². The van der Waals surface area contributed by atoms with Crippen LogP contribution in [0.3, 0.4) is 0 Å². The number of ether oxygens (including phenoxy) is 2. The Labute approximate surface area is 115 Å². The van der Waals surface area contributed by atoms with Gasteiger partial charge in [0, 0.05) is 31.2 Å². The molecule has 2 rings (SSSR count). The number of hydrogen-bond donors (Lipinski definition) is 1. The third-order valence-corrected chi connectivity index (χ3v) is 4.20. The number of likely N-dealkylation sites (tertiary alicyclic amines) is 1. The van der Waals surface area contributed by atoms with Crippen molar-refractivity contribution >= 4 is 6.09 Å². The molecule has 19 heavy (non-hydrogen) atoms. The number of amides is 1. The summed E-state index contributed by atoms with van der Waals surface area (Å²) in [6, 6.07) is 0.136. The number of carbonyl (C=O) groups is 1. The Balaban J connectivity index is 1.97. The van der Waals surface area contributed by atoms with Gasteiger partial charge in [-0.05, 0) is 40.5 Å². The second-order valence-electron chi connectivity index (χ2n) is 6.67. The van der Waals surface area contributed by atoms with Gasteiger partial charge in [0.25, 0.3) is 0 Å². The number of nitrogens with two attached hydrogens (primary N) is 1. The first kappa shape index (κ1) is 14.6. The fourth-order valence-corrected chi connectivity index (χ4v) is 3.12. The predicted molar refractivity (Wildman–Crippen MR) is 72.9 cm³/mol. The second-order valence-corrected chi connectivity index (χ2v) is 6.67. The highest BCUT2D eigenvalue weighted by molar-refractivity contribution is 5.68. The summed E-state index contributed by atoms with van der Waals surface area (Å²) in [5, 5.41) is 0. The number of hydrogen-bond acceptors (Lipinski definition) is 4. The lowest BCUT2D eigenvalue weighted by molar-refractivity contribution is -0.116. The molecule has 0 bridgehead atoms. The van der Waals surface area contributed by atoms with Gasteiger partial charge in [-0.25, -0.2) is 4.79 Å². The minimum Gasteiger partial charge on any atom is -0.444 e. The fraction of sp³-hybridized carbons (Fsp3) is 0.929. The first-order valence-corrected chi connectivity index (χ1v) is 7.13. The van der Waals surface area contributed by atoms with Crippen molar-refractivity contribution in [2.45, 2.75) is 58.3 Å². The lowest BCUT2D eigenvalue weighted by Crippen LogP contribution is -2.63. The van der Waals surface area contributed by atoms with E-state index in [0.29, 0.717) is 19.7 Å². The lowest BCUT2D eigenvalue weighted by atomic mass is 9.61. The molecule has 3 atom stereocenters. The fourth-order valence-electron chi connectivity index (χ4n) is 3.12. The quantitative estimate of drug-likeness (QED) is 0.830. The van der Waals surface area contributed by atoms with Crippen LogP contribution in [0.4, 0.5) is 4.79 Å². The molecule has 1 amide bonds. The van der Waals surface area contributed by atoms with E-state index in [-0.39, 0.29) is 23.7 Å². The first-order chi connectivity index (χ1) is 8.78. The monoisotopic (exact) mass is 270 g/mol. The van der Waals surface area contributed by atoms with Crippen LogP contribution in [0.5, 0.6) is 0 Å². The third-order valence-electron chi connectivity index (χ3n) is 4.20. The molecule has 1 spiro atoms. The summed E-state index contributed by atoms with van der Waals surface area (Å²) in [5.74, 6) is 0. The smallest absolute Gasteiger partial charge is 0.410 e. The van der Waals surface area contributed by atoms with Crippen molar-refractivity contribution in [2.75, 3.05) is 19.7 Å². The second kappa shape index (κ2) is 4.94. The van der Waals surface area contributed by atoms with Gasteiger partial charge in [-0.15, -0.1) is 0 Å². The van der Waals surface area contributed by atoms with Gasteiger partial charge in [0.1, 0.15) is 5.60 Å². The molecular formula is C14H26N2O3. The van der Waals surface area contributed by atoms with E-state index in [0.717, 1.165) is 12.8 Å². The topological polar surface area (TPSA) is 64.8 Å². The summed E-state index contributed by atoms with van der Waals surface area (Å²) in [7, 11) is 0. The molecule has 2 N–H and O–H groups in total. The van der Waals surface area contributed by atoms with E-state index >= 15 is 0 Å². The maximum Gasteiger partial charge on any atom is 0.410 e. The van der Waals surface area contributed by atoms with E-state index in [1.54, 1.807) is 4.90 Å². The molecule has 0 aromatic carbocycles. The molecule has 0 aromatic heterocycles. The standard InChI is InChI=1S/C14H26N2O3/c1-5-18-11-8-10(15)14(11)6-7-16(9-14)12(17)19-13(2,3)4/h10-11H,5-9,15H2,1-4H3/t10-,11+,14+/m0/s1. The van der Waals surface area contributed by atoms with E-state index < -0.39 is 5.60 Å². The van der Waals surface area contributed by atoms with Gasteiger partial charge in [0.15, 0.2) is 0 Å². The summed E-state index contributed by atoms with van der Waals surface area (Å²) >= 11 is 0. The van der Waals surface area contributed by atoms with Crippen molar-refractivity contribution < 1.29 is 14.3 Å². The van der Waals surface area contributed by atoms with Crippen LogP contribution in [0.2, 0.25) is 0 Å². The van der Waals surface area contributed by atoms with Crippen molar-refractivity contribution in [3.8, 4) is 0 Å². The zero-order valence-electron chi connectivity index (χ0n) is 12.4. The largest absolute Gasteiger partial charge is 0.444 e. The summed E-state index contributed by atoms with van der Waals surface area (Å²) in [5.41, 5.74) is 5.67. The predicted octanol–water partition coefficient (Wildman–Crippen LogP) is 1.75. The maximum absolute atomic E-state index is 12.1. The molecule has 110 valence electrons. The number of rotatable bonds is 2. The average Bonchev–Trinajstić information content (AvgIpc) is 2.74. The van der Waals surface area contributed by atoms with E-state index in [2.05, 4.69) is 0 Å². The average molecular weight is 270 g/mol. The van der Waals surface area contributed by atoms with Crippen molar-refractivity contribution in [3.05, 3.63) is 0 Å². The van der Waals surface area contributed by atoms with Gasteiger partial charge < -0.3 is 20.1 Å². The summed E-state index contributed by atoms with van der Waals surface area (Å²) < 4.78 is 11.2. The Morgan fingerprint density at radius 3 is 2.68 bits per heavy atom. The summed E-state index contributed by atoms with van der Waals surface area (Å²) in [6.45, 7) is 9.72. The van der Waals surface area contributed by atoms with Crippen LogP contribution in [0.15, 0.2) is 0 Å². The van der Waals surface area contributed by atoms with E-state index in [9.17, 15) is 4.79 Å². The van der Waals surface area contributed by atoms with Crippen LogP contribution < -0.4 is 5.73 Å². The molecule has 5 heteroatoms. The third kappa shape index (κ3) is 2.72. The highest BCUT2D eigenvalue weighted by Crippen LogP contribution is 2.49. The molecular weight excluding hydrogens is 244 g/mol. The van der Waals surface area contributed by atoms with Crippen LogP contribution in [0.25, 0.3) is 0 Å². The van der Waals surface area contributed by atoms with E-state index in [1.165, 1.54) is 0 Å². The van der Waals surface area contributed by atoms with E-state index in [1.807, 2.05) is 27.7 Å². The Morgan fingerprint density at radius 2 is 2.16 bits per heavy atom. The van der Waals surface area contributed by atoms with Gasteiger partial charge in [0.05, 0.1) is 6.10 Å². The Morgan fingerprint density at radius 1 is 1.47 bits per heavy atom. The Bertz CT molecular complexity index is 351. The molecule has 1 saturated carbocycles. The number of carbonyl (C=O) groups excluding carboxylic acids is 1. The Hall–Kier alpha value is -0.810. The SMILES string of the molecule is CCO[C@@H]1C[C@H](N)[C@]12CCN(C(=O)OC(C)(C)C)C2. The highest BCUT2D eigenvalue weighted by Gasteiger charge is 2.58. The van der Waals surface area contributed by atoms with Crippen molar-refractivity contribution in [3.63, 3.8) is 0 Å². The normalized spacial score (nSPS) is 34.5. The summed E-state index contributed by atoms with van der Waals surface area (Å²) in [6.07, 6.45) is 1.77. The van der Waals surface area contributed by atoms with Crippen LogP contribution >= 0.6 is 0 Å². The van der Waals surface area contributed by atoms with Crippen LogP contribution in [-0.4, -0.2) is 48.4 Å². The van der Waals surface area contributed by atoms with Crippen molar-refractivity contribution in [1.29, 1.82) is 0 Å². The zero-order valence-corrected chi connectivity index (χ0v) is 12.4. The van der Waals surface area contributed by atoms with Crippen molar-refractivity contribution in [2.24, 2.45) is 11.1 Å². The maximum atomic E-state index is 12.1. The molecule has 0 aromatic rings. The van der Waals surface area contributed by atoms with Crippen LogP contribution in [0, 0.1) is 5.41 Å². The van der Waals surface area contributed by atoms with Crippen molar-refractivity contribution in [1.82, 2.24) is 4.90 Å². The molecule has 1 heterocycles. The molecule has 2 aliphatic rings. The Kier molecular flexibility index (Phi) is 3.80. The molecule has 1 aliphatic heterocycles. The zero-order chi connectivity index (χ0) is 14.3. The number of nitrogens with zero attached hydrogens (tertiary/aromatic N) is 1. The minimum absolute atomic E-state index is 0.0487. The highest BCUT2D eigenvalue weighted by atomic mass is 16.6. The van der Waals surface area contributed by atoms with Crippen LogP contribution in [0.1, 0.15) is 40.5 Å². The molecule has 0 unspecified atom stereocenters. The van der Waals surface area contributed by atoms with Gasteiger partial charge in [0.2, 0.25) is 0 Å². The van der Waals surface area contributed by atoms with Crippen LogP contribution in [-0.2, 0) is 9.47 Å². The molecule has 0 radical (unpaired) electrons. The lowest BCUT2D eigenvalue weighted by Gasteiger charge is -2.51. The minimum atomic E-state index is -0.451. The van der Waals surface area contributed by atoms with Gasteiger partial charge >= 0.3 is 6.09 Å².